The third kappa shape index (κ3) is 2.53. The Morgan fingerprint density at radius 2 is 1.81 bits per heavy atom. The number of cyclic esters (lactones) is 1. The first-order chi connectivity index (χ1) is 9.64. The predicted molar refractivity (Wildman–Crippen MR) is 82.0 cm³/mol. The summed E-state index contributed by atoms with van der Waals surface area (Å²) in [6.45, 7) is 9.93. The third-order valence-electron chi connectivity index (χ3n) is 4.71. The van der Waals surface area contributed by atoms with Gasteiger partial charge in [-0.2, -0.15) is 0 Å². The van der Waals surface area contributed by atoms with Crippen LogP contribution in [0.2, 0.25) is 0 Å². The smallest absolute Gasteiger partial charge is 0.412 e. The minimum Gasteiger partial charge on any atom is -0.438 e. The van der Waals surface area contributed by atoms with Crippen LogP contribution in [0.15, 0.2) is 30.3 Å². The summed E-state index contributed by atoms with van der Waals surface area (Å²) in [5.74, 6) is 0. The molecule has 1 heterocycles. The van der Waals surface area contributed by atoms with Crippen molar-refractivity contribution in [3.8, 4) is 0 Å². The van der Waals surface area contributed by atoms with Crippen LogP contribution in [0.1, 0.15) is 46.6 Å². The van der Waals surface area contributed by atoms with Gasteiger partial charge in [-0.3, -0.25) is 4.90 Å². The zero-order valence-electron chi connectivity index (χ0n) is 13.5. The topological polar surface area (TPSA) is 49.8 Å². The molecular weight excluding hydrogens is 266 g/mol. The summed E-state index contributed by atoms with van der Waals surface area (Å²) < 4.78 is 5.56. The quantitative estimate of drug-likeness (QED) is 0.926. The maximum atomic E-state index is 12.0. The highest BCUT2D eigenvalue weighted by Crippen LogP contribution is 2.45. The fourth-order valence-corrected chi connectivity index (χ4v) is 3.28. The lowest BCUT2D eigenvalue weighted by molar-refractivity contribution is -0.144. The second-order valence-corrected chi connectivity index (χ2v) is 6.79. The van der Waals surface area contributed by atoms with E-state index in [-0.39, 0.29) is 5.41 Å². The molecule has 4 heteroatoms. The van der Waals surface area contributed by atoms with Crippen LogP contribution < -0.4 is 0 Å². The molecule has 1 aliphatic rings. The van der Waals surface area contributed by atoms with E-state index in [1.165, 1.54) is 4.90 Å². The molecule has 0 spiro atoms. The summed E-state index contributed by atoms with van der Waals surface area (Å²) in [4.78, 5) is 13.4. The number of hydrogen-bond acceptors (Lipinski definition) is 3. The van der Waals surface area contributed by atoms with E-state index in [1.54, 1.807) is 6.92 Å². The van der Waals surface area contributed by atoms with Crippen molar-refractivity contribution in [2.24, 2.45) is 0 Å². The molecule has 21 heavy (non-hydrogen) atoms. The Bertz CT molecular complexity index is 524. The Morgan fingerprint density at radius 1 is 1.24 bits per heavy atom. The van der Waals surface area contributed by atoms with Crippen molar-refractivity contribution in [3.05, 3.63) is 35.9 Å². The second kappa shape index (κ2) is 5.02. The summed E-state index contributed by atoms with van der Waals surface area (Å²) in [6.07, 6.45) is 0.0908. The van der Waals surface area contributed by atoms with Gasteiger partial charge in [0.05, 0.1) is 0 Å². The Hall–Kier alpha value is -1.55. The molecule has 1 N–H and O–H groups in total. The number of carbonyl (C=O) groups is 1. The Kier molecular flexibility index (Phi) is 3.79. The Morgan fingerprint density at radius 3 is 2.29 bits per heavy atom. The molecule has 1 aromatic carbocycles. The largest absolute Gasteiger partial charge is 0.438 e. The highest BCUT2D eigenvalue weighted by molar-refractivity contribution is 5.72. The van der Waals surface area contributed by atoms with Gasteiger partial charge in [-0.15, -0.1) is 0 Å². The van der Waals surface area contributed by atoms with Crippen LogP contribution in [-0.4, -0.2) is 34.0 Å². The SMILES string of the molecule is CCN1C(=O)O[C@](C)(CC(C)(C)c2ccccc2)[C@]1(C)O. The summed E-state index contributed by atoms with van der Waals surface area (Å²) >= 11 is 0. The number of aliphatic hydroxyl groups is 1. The summed E-state index contributed by atoms with van der Waals surface area (Å²) in [7, 11) is 0. The van der Waals surface area contributed by atoms with E-state index in [9.17, 15) is 9.90 Å². The minimum atomic E-state index is -1.31. The van der Waals surface area contributed by atoms with E-state index >= 15 is 0 Å². The molecular formula is C17H25NO3. The lowest BCUT2D eigenvalue weighted by atomic mass is 9.72. The van der Waals surface area contributed by atoms with Gasteiger partial charge < -0.3 is 9.84 Å². The van der Waals surface area contributed by atoms with Crippen LogP contribution in [0.4, 0.5) is 4.79 Å². The van der Waals surface area contributed by atoms with Crippen LogP contribution in [0.25, 0.3) is 0 Å². The van der Waals surface area contributed by atoms with Gasteiger partial charge in [0, 0.05) is 13.0 Å². The number of amides is 1. The minimum absolute atomic E-state index is 0.218. The molecule has 0 saturated carbocycles. The zero-order chi connectivity index (χ0) is 15.9. The molecule has 0 radical (unpaired) electrons. The van der Waals surface area contributed by atoms with Gasteiger partial charge in [-0.1, -0.05) is 44.2 Å². The molecule has 0 unspecified atom stereocenters. The molecule has 2 rings (SSSR count). The summed E-state index contributed by atoms with van der Waals surface area (Å²) in [5.41, 5.74) is -1.32. The third-order valence-corrected chi connectivity index (χ3v) is 4.71. The van der Waals surface area contributed by atoms with Gasteiger partial charge in [0.1, 0.15) is 0 Å². The fraction of sp³-hybridized carbons (Fsp3) is 0.588. The van der Waals surface area contributed by atoms with Crippen LogP contribution >= 0.6 is 0 Å². The van der Waals surface area contributed by atoms with Crippen molar-refractivity contribution >= 4 is 6.09 Å². The fourth-order valence-electron chi connectivity index (χ4n) is 3.28. The van der Waals surface area contributed by atoms with Crippen molar-refractivity contribution < 1.29 is 14.6 Å². The van der Waals surface area contributed by atoms with Crippen molar-refractivity contribution in [1.82, 2.24) is 4.90 Å². The summed E-state index contributed by atoms with van der Waals surface area (Å²) in [6, 6.07) is 10.1. The molecule has 1 aliphatic heterocycles. The van der Waals surface area contributed by atoms with Crippen molar-refractivity contribution in [1.29, 1.82) is 0 Å². The number of carbonyl (C=O) groups excluding carboxylic acids is 1. The molecule has 2 atom stereocenters. The monoisotopic (exact) mass is 291 g/mol. The number of likely N-dealkylation sites (N-methyl/N-ethyl adjacent to an activating group) is 1. The average molecular weight is 291 g/mol. The standard InChI is InChI=1S/C17H25NO3/c1-6-18-14(19)21-16(4,17(18,5)20)12-15(2,3)13-10-8-7-9-11-13/h7-11,20H,6,12H2,1-5H3/t16-,17+/m1/s1. The number of nitrogens with zero attached hydrogens (tertiary/aromatic N) is 1. The zero-order valence-corrected chi connectivity index (χ0v) is 13.5. The van der Waals surface area contributed by atoms with E-state index in [2.05, 4.69) is 26.0 Å². The van der Waals surface area contributed by atoms with Crippen molar-refractivity contribution in [2.45, 2.75) is 57.8 Å². The average Bonchev–Trinajstić information content (AvgIpc) is 2.55. The van der Waals surface area contributed by atoms with Gasteiger partial charge >= 0.3 is 6.09 Å². The van der Waals surface area contributed by atoms with Crippen LogP contribution in [0.5, 0.6) is 0 Å². The number of hydrogen-bond donors (Lipinski definition) is 1. The number of ether oxygens (including phenoxy) is 1. The molecule has 0 aromatic heterocycles. The van der Waals surface area contributed by atoms with Gasteiger partial charge in [-0.05, 0) is 31.7 Å². The van der Waals surface area contributed by atoms with E-state index < -0.39 is 17.4 Å². The highest BCUT2D eigenvalue weighted by atomic mass is 16.6. The lowest BCUT2D eigenvalue weighted by Gasteiger charge is -2.41. The first-order valence-electron chi connectivity index (χ1n) is 7.42. The molecule has 4 nitrogen and oxygen atoms in total. The molecule has 1 fully saturated rings. The molecule has 116 valence electrons. The van der Waals surface area contributed by atoms with Crippen molar-refractivity contribution in [3.63, 3.8) is 0 Å². The first kappa shape index (κ1) is 15.8. The number of benzene rings is 1. The maximum absolute atomic E-state index is 12.0. The first-order valence-corrected chi connectivity index (χ1v) is 7.42. The number of rotatable bonds is 4. The Labute approximate surface area is 126 Å². The predicted octanol–water partition coefficient (Wildman–Crippen LogP) is 3.29. The van der Waals surface area contributed by atoms with Crippen LogP contribution in [0, 0.1) is 0 Å². The van der Waals surface area contributed by atoms with Gasteiger partial charge in [0.25, 0.3) is 0 Å². The van der Waals surface area contributed by atoms with E-state index in [0.717, 1.165) is 5.56 Å². The van der Waals surface area contributed by atoms with Gasteiger partial charge in [0.2, 0.25) is 0 Å². The molecule has 0 bridgehead atoms. The molecule has 1 saturated heterocycles. The summed E-state index contributed by atoms with van der Waals surface area (Å²) in [5, 5.41) is 10.8. The lowest BCUT2D eigenvalue weighted by Crippen LogP contribution is -2.56. The second-order valence-electron chi connectivity index (χ2n) is 6.79. The van der Waals surface area contributed by atoms with E-state index in [1.807, 2.05) is 32.0 Å². The highest BCUT2D eigenvalue weighted by Gasteiger charge is 2.60. The Balaban J connectivity index is 2.32. The molecule has 1 aromatic rings. The maximum Gasteiger partial charge on any atom is 0.412 e. The van der Waals surface area contributed by atoms with Crippen molar-refractivity contribution in [2.75, 3.05) is 6.54 Å². The molecule has 1 amide bonds. The van der Waals surface area contributed by atoms with E-state index in [0.29, 0.717) is 13.0 Å². The molecule has 0 aliphatic carbocycles. The van der Waals surface area contributed by atoms with Crippen LogP contribution in [0.3, 0.4) is 0 Å². The normalized spacial score (nSPS) is 29.6. The van der Waals surface area contributed by atoms with Gasteiger partial charge in [0.15, 0.2) is 11.3 Å². The van der Waals surface area contributed by atoms with Crippen LogP contribution in [-0.2, 0) is 10.2 Å². The van der Waals surface area contributed by atoms with E-state index in [4.69, 9.17) is 4.74 Å². The van der Waals surface area contributed by atoms with Gasteiger partial charge in [-0.25, -0.2) is 4.79 Å².